The van der Waals surface area contributed by atoms with E-state index in [9.17, 15) is 10.1 Å². The number of carbonyl (C=O) groups excluding carboxylic acids is 1. The zero-order valence-corrected chi connectivity index (χ0v) is 11.9. The molecule has 2 aromatic carbocycles. The first-order valence-electron chi connectivity index (χ1n) is 6.41. The SMILES string of the molecule is COc1ccc(C(=O)[C@@H](C#N)c2ccc(OC)cc2)cc1. The highest BCUT2D eigenvalue weighted by molar-refractivity contribution is 6.02. The lowest BCUT2D eigenvalue weighted by Crippen LogP contribution is -2.11. The van der Waals surface area contributed by atoms with E-state index in [4.69, 9.17) is 9.47 Å². The number of hydrogen-bond donors (Lipinski definition) is 0. The highest BCUT2D eigenvalue weighted by atomic mass is 16.5. The summed E-state index contributed by atoms with van der Waals surface area (Å²) < 4.78 is 10.1. The molecule has 0 saturated heterocycles. The Balaban J connectivity index is 2.26. The van der Waals surface area contributed by atoms with E-state index < -0.39 is 5.92 Å². The monoisotopic (exact) mass is 281 g/mol. The van der Waals surface area contributed by atoms with E-state index in [1.807, 2.05) is 0 Å². The van der Waals surface area contributed by atoms with Gasteiger partial charge in [0, 0.05) is 5.56 Å². The topological polar surface area (TPSA) is 59.3 Å². The summed E-state index contributed by atoms with van der Waals surface area (Å²) in [4.78, 5) is 12.4. The van der Waals surface area contributed by atoms with Crippen molar-refractivity contribution in [3.8, 4) is 17.6 Å². The zero-order chi connectivity index (χ0) is 15.2. The molecule has 0 heterocycles. The molecule has 0 aliphatic carbocycles. The summed E-state index contributed by atoms with van der Waals surface area (Å²) >= 11 is 0. The van der Waals surface area contributed by atoms with Gasteiger partial charge in [-0.15, -0.1) is 0 Å². The third-order valence-corrected chi connectivity index (χ3v) is 3.21. The van der Waals surface area contributed by atoms with Crippen molar-refractivity contribution in [2.75, 3.05) is 14.2 Å². The van der Waals surface area contributed by atoms with Crippen LogP contribution in [0.5, 0.6) is 11.5 Å². The number of rotatable bonds is 5. The Kier molecular flexibility index (Phi) is 4.57. The number of Topliss-reactive ketones (excluding diaryl/α,β-unsaturated/α-hetero) is 1. The molecule has 0 bridgehead atoms. The molecule has 0 N–H and O–H groups in total. The maximum Gasteiger partial charge on any atom is 0.184 e. The molecule has 0 aliphatic heterocycles. The van der Waals surface area contributed by atoms with Crippen LogP contribution in [-0.4, -0.2) is 20.0 Å². The van der Waals surface area contributed by atoms with Gasteiger partial charge in [-0.2, -0.15) is 5.26 Å². The fourth-order valence-corrected chi connectivity index (χ4v) is 2.00. The second kappa shape index (κ2) is 6.58. The minimum absolute atomic E-state index is 0.231. The molecule has 0 saturated carbocycles. The van der Waals surface area contributed by atoms with Gasteiger partial charge in [0.2, 0.25) is 0 Å². The first-order chi connectivity index (χ1) is 10.2. The fraction of sp³-hybridized carbons (Fsp3) is 0.176. The predicted molar refractivity (Wildman–Crippen MR) is 78.7 cm³/mol. The van der Waals surface area contributed by atoms with Crippen LogP contribution < -0.4 is 9.47 Å². The van der Waals surface area contributed by atoms with Gasteiger partial charge in [-0.3, -0.25) is 4.79 Å². The Labute approximate surface area is 123 Å². The third-order valence-electron chi connectivity index (χ3n) is 3.21. The van der Waals surface area contributed by atoms with Crippen molar-refractivity contribution >= 4 is 5.78 Å². The molecular weight excluding hydrogens is 266 g/mol. The van der Waals surface area contributed by atoms with Crippen LogP contribution in [0.25, 0.3) is 0 Å². The van der Waals surface area contributed by atoms with E-state index in [-0.39, 0.29) is 5.78 Å². The molecule has 2 rings (SSSR count). The minimum atomic E-state index is -0.829. The van der Waals surface area contributed by atoms with Crippen molar-refractivity contribution in [2.24, 2.45) is 0 Å². The van der Waals surface area contributed by atoms with E-state index in [0.29, 0.717) is 22.6 Å². The van der Waals surface area contributed by atoms with Gasteiger partial charge in [-0.1, -0.05) is 12.1 Å². The van der Waals surface area contributed by atoms with Gasteiger partial charge in [-0.05, 0) is 42.0 Å². The molecule has 0 amide bonds. The normalized spacial score (nSPS) is 11.3. The van der Waals surface area contributed by atoms with Crippen LogP contribution in [-0.2, 0) is 0 Å². The van der Waals surface area contributed by atoms with Crippen LogP contribution in [0.2, 0.25) is 0 Å². The Hall–Kier alpha value is -2.80. The summed E-state index contributed by atoms with van der Waals surface area (Å²) in [5.74, 6) is 0.298. The van der Waals surface area contributed by atoms with E-state index in [1.54, 1.807) is 62.8 Å². The molecule has 1 atom stereocenters. The number of ketones is 1. The van der Waals surface area contributed by atoms with Crippen molar-refractivity contribution in [2.45, 2.75) is 5.92 Å². The van der Waals surface area contributed by atoms with Crippen LogP contribution in [0.15, 0.2) is 48.5 Å². The van der Waals surface area contributed by atoms with Crippen LogP contribution in [0.1, 0.15) is 21.8 Å². The summed E-state index contributed by atoms with van der Waals surface area (Å²) in [6, 6.07) is 15.7. The molecule has 0 spiro atoms. The predicted octanol–water partition coefficient (Wildman–Crippen LogP) is 3.19. The molecule has 0 aromatic heterocycles. The first kappa shape index (κ1) is 14.6. The number of benzene rings is 2. The van der Waals surface area contributed by atoms with Gasteiger partial charge < -0.3 is 9.47 Å². The smallest absolute Gasteiger partial charge is 0.184 e. The van der Waals surface area contributed by atoms with E-state index >= 15 is 0 Å². The molecule has 21 heavy (non-hydrogen) atoms. The highest BCUT2D eigenvalue weighted by Gasteiger charge is 2.21. The quantitative estimate of drug-likeness (QED) is 0.790. The molecule has 4 nitrogen and oxygen atoms in total. The van der Waals surface area contributed by atoms with Crippen LogP contribution in [0.4, 0.5) is 0 Å². The Morgan fingerprint density at radius 3 is 1.86 bits per heavy atom. The number of carbonyl (C=O) groups is 1. The molecular formula is C17H15NO3. The van der Waals surface area contributed by atoms with Crippen LogP contribution >= 0.6 is 0 Å². The number of nitrogens with zero attached hydrogens (tertiary/aromatic N) is 1. The molecule has 0 aliphatic rings. The van der Waals surface area contributed by atoms with Crippen molar-refractivity contribution < 1.29 is 14.3 Å². The van der Waals surface area contributed by atoms with Crippen molar-refractivity contribution in [1.82, 2.24) is 0 Å². The first-order valence-corrected chi connectivity index (χ1v) is 6.41. The molecule has 0 fully saturated rings. The van der Waals surface area contributed by atoms with E-state index in [0.717, 1.165) is 0 Å². The lowest BCUT2D eigenvalue weighted by Gasteiger charge is -2.10. The van der Waals surface area contributed by atoms with Gasteiger partial charge in [0.05, 0.1) is 20.3 Å². The van der Waals surface area contributed by atoms with E-state index in [1.165, 1.54) is 0 Å². The second-order valence-electron chi connectivity index (χ2n) is 4.43. The van der Waals surface area contributed by atoms with Crippen LogP contribution in [0, 0.1) is 11.3 Å². The Bertz CT molecular complexity index is 654. The summed E-state index contributed by atoms with van der Waals surface area (Å²) in [5, 5.41) is 9.31. The fourth-order valence-electron chi connectivity index (χ4n) is 2.00. The number of ether oxygens (including phenoxy) is 2. The number of methoxy groups -OCH3 is 2. The molecule has 0 unspecified atom stereocenters. The van der Waals surface area contributed by atoms with E-state index in [2.05, 4.69) is 6.07 Å². The Morgan fingerprint density at radius 1 is 0.952 bits per heavy atom. The number of nitriles is 1. The lowest BCUT2D eigenvalue weighted by molar-refractivity contribution is 0.0979. The highest BCUT2D eigenvalue weighted by Crippen LogP contribution is 2.24. The zero-order valence-electron chi connectivity index (χ0n) is 11.9. The van der Waals surface area contributed by atoms with Crippen LogP contribution in [0.3, 0.4) is 0 Å². The van der Waals surface area contributed by atoms with Gasteiger partial charge in [0.15, 0.2) is 5.78 Å². The second-order valence-corrected chi connectivity index (χ2v) is 4.43. The summed E-state index contributed by atoms with van der Waals surface area (Å²) in [6.45, 7) is 0. The van der Waals surface area contributed by atoms with Crippen molar-refractivity contribution in [3.05, 3.63) is 59.7 Å². The third kappa shape index (κ3) is 3.21. The molecule has 4 heteroatoms. The number of hydrogen-bond acceptors (Lipinski definition) is 4. The van der Waals surface area contributed by atoms with Crippen molar-refractivity contribution in [1.29, 1.82) is 5.26 Å². The standard InChI is InChI=1S/C17H15NO3/c1-20-14-7-3-12(4-8-14)16(11-18)17(19)13-5-9-15(21-2)10-6-13/h3-10,16H,1-2H3/t16-/m0/s1. The minimum Gasteiger partial charge on any atom is -0.497 e. The van der Waals surface area contributed by atoms with Gasteiger partial charge in [0.25, 0.3) is 0 Å². The van der Waals surface area contributed by atoms with Gasteiger partial charge in [0.1, 0.15) is 17.4 Å². The van der Waals surface area contributed by atoms with Crippen molar-refractivity contribution in [3.63, 3.8) is 0 Å². The summed E-state index contributed by atoms with van der Waals surface area (Å²) in [6.07, 6.45) is 0. The molecule has 2 aromatic rings. The van der Waals surface area contributed by atoms with Gasteiger partial charge >= 0.3 is 0 Å². The lowest BCUT2D eigenvalue weighted by atomic mass is 9.92. The molecule has 0 radical (unpaired) electrons. The Morgan fingerprint density at radius 2 is 1.43 bits per heavy atom. The molecule has 106 valence electrons. The van der Waals surface area contributed by atoms with Gasteiger partial charge in [-0.25, -0.2) is 0 Å². The maximum absolute atomic E-state index is 12.4. The largest absolute Gasteiger partial charge is 0.497 e. The maximum atomic E-state index is 12.4. The average molecular weight is 281 g/mol. The summed E-state index contributed by atoms with van der Waals surface area (Å²) in [5.41, 5.74) is 1.14. The average Bonchev–Trinajstić information content (AvgIpc) is 2.56. The summed E-state index contributed by atoms with van der Waals surface area (Å²) in [7, 11) is 3.13.